The lowest BCUT2D eigenvalue weighted by Crippen LogP contribution is -2.33. The number of nitrogens with zero attached hydrogens (tertiary/aromatic N) is 3. The molecule has 9 heteroatoms. The van der Waals surface area contributed by atoms with E-state index in [1.807, 2.05) is 18.2 Å². The molecule has 4 rings (SSSR count). The molecule has 2 aromatic carbocycles. The Hall–Kier alpha value is -2.55. The van der Waals surface area contributed by atoms with Gasteiger partial charge in [-0.1, -0.05) is 23.7 Å². The second-order valence-electron chi connectivity index (χ2n) is 6.62. The van der Waals surface area contributed by atoms with Crippen molar-refractivity contribution in [2.45, 2.75) is 18.9 Å². The molecule has 3 aromatic rings. The number of thiazole rings is 1. The molecule has 0 unspecified atom stereocenters. The van der Waals surface area contributed by atoms with Gasteiger partial charge in [0.05, 0.1) is 38.4 Å². The van der Waals surface area contributed by atoms with Crippen molar-refractivity contribution in [1.29, 1.82) is 0 Å². The van der Waals surface area contributed by atoms with Gasteiger partial charge < -0.3 is 5.32 Å². The minimum Gasteiger partial charge on any atom is -0.324 e. The van der Waals surface area contributed by atoms with Gasteiger partial charge in [0.2, 0.25) is 5.91 Å². The number of hydrogen-bond donors (Lipinski definition) is 1. The van der Waals surface area contributed by atoms with Crippen LogP contribution in [0.15, 0.2) is 42.5 Å². The first-order valence-electron chi connectivity index (χ1n) is 8.84. The number of amides is 1. The van der Waals surface area contributed by atoms with E-state index in [4.69, 9.17) is 16.6 Å². The number of non-ortho nitro benzene ring substituents is 1. The second-order valence-corrected chi connectivity index (χ2v) is 8.09. The number of nitro groups is 1. The fraction of sp³-hybridized carbons (Fsp3) is 0.263. The van der Waals surface area contributed by atoms with E-state index in [1.54, 1.807) is 11.3 Å². The number of para-hydroxylation sites is 1. The molecule has 1 aromatic heterocycles. The lowest BCUT2D eigenvalue weighted by Gasteiger charge is -2.22. The molecule has 0 saturated carbocycles. The molecule has 1 saturated heterocycles. The third kappa shape index (κ3) is 3.84. The molecule has 144 valence electrons. The number of nitro benzene ring substituents is 1. The van der Waals surface area contributed by atoms with Crippen molar-refractivity contribution in [2.24, 2.45) is 0 Å². The Morgan fingerprint density at radius 1 is 1.36 bits per heavy atom. The summed E-state index contributed by atoms with van der Waals surface area (Å²) in [6.45, 7) is 1.04. The topological polar surface area (TPSA) is 88.4 Å². The highest BCUT2D eigenvalue weighted by molar-refractivity contribution is 7.18. The Morgan fingerprint density at radius 3 is 2.93 bits per heavy atom. The molecular weight excluding hydrogens is 400 g/mol. The predicted molar refractivity (Wildman–Crippen MR) is 110 cm³/mol. The predicted octanol–water partition coefficient (Wildman–Crippen LogP) is 4.63. The summed E-state index contributed by atoms with van der Waals surface area (Å²) in [5.74, 6) is -0.205. The Labute approximate surface area is 170 Å². The van der Waals surface area contributed by atoms with Crippen LogP contribution in [0.2, 0.25) is 5.02 Å². The highest BCUT2D eigenvalue weighted by Crippen LogP contribution is 2.36. The van der Waals surface area contributed by atoms with E-state index < -0.39 is 4.92 Å². The van der Waals surface area contributed by atoms with Crippen molar-refractivity contribution in [1.82, 2.24) is 9.88 Å². The van der Waals surface area contributed by atoms with Gasteiger partial charge in [-0.05, 0) is 37.6 Å². The number of hydrogen-bond acceptors (Lipinski definition) is 6. The van der Waals surface area contributed by atoms with Crippen molar-refractivity contribution in [3.63, 3.8) is 0 Å². The highest BCUT2D eigenvalue weighted by Gasteiger charge is 2.30. The van der Waals surface area contributed by atoms with Crippen LogP contribution in [0.3, 0.4) is 0 Å². The summed E-state index contributed by atoms with van der Waals surface area (Å²) in [6.07, 6.45) is 1.97. The van der Waals surface area contributed by atoms with Gasteiger partial charge in [0.25, 0.3) is 5.69 Å². The molecule has 1 N–H and O–H groups in total. The molecule has 28 heavy (non-hydrogen) atoms. The molecule has 1 aliphatic rings. The lowest BCUT2D eigenvalue weighted by molar-refractivity contribution is -0.384. The highest BCUT2D eigenvalue weighted by atomic mass is 35.5. The zero-order valence-electron chi connectivity index (χ0n) is 14.8. The van der Waals surface area contributed by atoms with Crippen LogP contribution in [0.1, 0.15) is 23.9 Å². The normalized spacial score (nSPS) is 17.1. The summed E-state index contributed by atoms with van der Waals surface area (Å²) in [5, 5.41) is 14.7. The number of halogens is 1. The number of carbonyl (C=O) groups is 1. The molecule has 1 aliphatic heterocycles. The molecule has 1 amide bonds. The zero-order valence-corrected chi connectivity index (χ0v) is 16.4. The minimum atomic E-state index is -0.523. The first kappa shape index (κ1) is 18.8. The molecule has 2 heterocycles. The molecule has 0 aliphatic carbocycles. The molecule has 0 radical (unpaired) electrons. The fourth-order valence-electron chi connectivity index (χ4n) is 3.42. The monoisotopic (exact) mass is 416 g/mol. The van der Waals surface area contributed by atoms with Crippen LogP contribution in [0.5, 0.6) is 0 Å². The van der Waals surface area contributed by atoms with Crippen molar-refractivity contribution >= 4 is 50.4 Å². The van der Waals surface area contributed by atoms with Gasteiger partial charge in [0.15, 0.2) is 0 Å². The maximum absolute atomic E-state index is 12.5. The van der Waals surface area contributed by atoms with E-state index in [-0.39, 0.29) is 29.2 Å². The summed E-state index contributed by atoms with van der Waals surface area (Å²) in [4.78, 5) is 29.7. The number of nitrogens with one attached hydrogen (secondary N) is 1. The van der Waals surface area contributed by atoms with Gasteiger partial charge in [0.1, 0.15) is 5.01 Å². The zero-order chi connectivity index (χ0) is 19.7. The fourth-order valence-corrected chi connectivity index (χ4v) is 4.78. The summed E-state index contributed by atoms with van der Waals surface area (Å²) in [7, 11) is 0. The Morgan fingerprint density at radius 2 is 2.18 bits per heavy atom. The SMILES string of the molecule is O=C(CN1CCC[C@@H]1c1nc2ccccc2s1)Nc1ccc([N+](=O)[O-])cc1Cl. The average molecular weight is 417 g/mol. The van der Waals surface area contributed by atoms with Crippen LogP contribution in [0, 0.1) is 10.1 Å². The standard InChI is InChI=1S/C19H17ClN4O3S/c20-13-10-12(24(26)27)7-8-14(13)21-18(25)11-23-9-3-5-16(23)19-22-15-4-1-2-6-17(15)28-19/h1-2,4,6-8,10,16H,3,5,9,11H2,(H,21,25)/t16-/m1/s1. The van der Waals surface area contributed by atoms with Crippen molar-refractivity contribution in [3.05, 3.63) is 62.6 Å². The smallest absolute Gasteiger partial charge is 0.271 e. The van der Waals surface area contributed by atoms with Crippen LogP contribution < -0.4 is 5.32 Å². The van der Waals surface area contributed by atoms with Crippen molar-refractivity contribution in [3.8, 4) is 0 Å². The molecule has 0 bridgehead atoms. The van der Waals surface area contributed by atoms with Gasteiger partial charge in [-0.15, -0.1) is 11.3 Å². The van der Waals surface area contributed by atoms with E-state index in [0.717, 1.165) is 34.6 Å². The van der Waals surface area contributed by atoms with E-state index in [0.29, 0.717) is 5.69 Å². The van der Waals surface area contributed by atoms with E-state index in [9.17, 15) is 14.9 Å². The maximum Gasteiger partial charge on any atom is 0.271 e. The van der Waals surface area contributed by atoms with Gasteiger partial charge in [0, 0.05) is 12.1 Å². The third-order valence-electron chi connectivity index (χ3n) is 4.74. The van der Waals surface area contributed by atoms with Gasteiger partial charge in [-0.2, -0.15) is 0 Å². The Kier molecular flexibility index (Phi) is 5.25. The third-order valence-corrected chi connectivity index (χ3v) is 6.19. The maximum atomic E-state index is 12.5. The number of fused-ring (bicyclic) bond motifs is 1. The summed E-state index contributed by atoms with van der Waals surface area (Å²) in [5.41, 5.74) is 1.24. The number of anilines is 1. The van der Waals surface area contributed by atoms with Crippen LogP contribution in [-0.4, -0.2) is 33.8 Å². The van der Waals surface area contributed by atoms with Gasteiger partial charge >= 0.3 is 0 Å². The Balaban J connectivity index is 1.45. The van der Waals surface area contributed by atoms with Crippen molar-refractivity contribution in [2.75, 3.05) is 18.4 Å². The molecule has 1 fully saturated rings. The quantitative estimate of drug-likeness (QED) is 0.483. The Bertz CT molecular complexity index is 1020. The number of likely N-dealkylation sites (tertiary alicyclic amines) is 1. The lowest BCUT2D eigenvalue weighted by atomic mass is 10.2. The van der Waals surface area contributed by atoms with Gasteiger partial charge in [-0.25, -0.2) is 4.98 Å². The largest absolute Gasteiger partial charge is 0.324 e. The number of aromatic nitrogens is 1. The number of benzene rings is 2. The minimum absolute atomic E-state index is 0.113. The van der Waals surface area contributed by atoms with Crippen molar-refractivity contribution < 1.29 is 9.72 Å². The van der Waals surface area contributed by atoms with Crippen LogP contribution >= 0.6 is 22.9 Å². The first-order chi connectivity index (χ1) is 13.5. The van der Waals surface area contributed by atoms with E-state index >= 15 is 0 Å². The van der Waals surface area contributed by atoms with Gasteiger partial charge in [-0.3, -0.25) is 19.8 Å². The number of rotatable bonds is 5. The number of carbonyl (C=O) groups excluding carboxylic acids is 1. The summed E-state index contributed by atoms with van der Waals surface area (Å²) >= 11 is 7.73. The van der Waals surface area contributed by atoms with E-state index in [2.05, 4.69) is 16.3 Å². The second kappa shape index (κ2) is 7.83. The van der Waals surface area contributed by atoms with Crippen LogP contribution in [0.4, 0.5) is 11.4 Å². The molecule has 0 spiro atoms. The summed E-state index contributed by atoms with van der Waals surface area (Å²) in [6, 6.07) is 12.1. The van der Waals surface area contributed by atoms with E-state index in [1.165, 1.54) is 18.2 Å². The molecule has 1 atom stereocenters. The molecule has 7 nitrogen and oxygen atoms in total. The van der Waals surface area contributed by atoms with Crippen LogP contribution in [0.25, 0.3) is 10.2 Å². The average Bonchev–Trinajstić information content (AvgIpc) is 3.29. The summed E-state index contributed by atoms with van der Waals surface area (Å²) < 4.78 is 1.14. The molecular formula is C19H17ClN4O3S. The first-order valence-corrected chi connectivity index (χ1v) is 10.0. The van der Waals surface area contributed by atoms with Crippen LogP contribution in [-0.2, 0) is 4.79 Å².